The SMILES string of the molecule is CC(CNS(=O)(=O)c1ccc(Cl)c(CN)c1)C1CC1. The van der Waals surface area contributed by atoms with Gasteiger partial charge in [-0.05, 0) is 48.4 Å². The smallest absolute Gasteiger partial charge is 0.240 e. The van der Waals surface area contributed by atoms with E-state index in [1.165, 1.54) is 25.0 Å². The Balaban J connectivity index is 2.09. The summed E-state index contributed by atoms with van der Waals surface area (Å²) in [5.41, 5.74) is 6.17. The van der Waals surface area contributed by atoms with E-state index in [1.54, 1.807) is 6.07 Å². The number of rotatable bonds is 6. The summed E-state index contributed by atoms with van der Waals surface area (Å²) in [6, 6.07) is 4.61. The molecule has 1 aliphatic carbocycles. The molecule has 1 fully saturated rings. The van der Waals surface area contributed by atoms with E-state index in [-0.39, 0.29) is 11.4 Å². The summed E-state index contributed by atoms with van der Waals surface area (Å²) in [6.45, 7) is 2.78. The van der Waals surface area contributed by atoms with E-state index in [0.29, 0.717) is 29.0 Å². The lowest BCUT2D eigenvalue weighted by atomic mass is 10.1. The van der Waals surface area contributed by atoms with E-state index in [4.69, 9.17) is 17.3 Å². The van der Waals surface area contributed by atoms with Crippen LogP contribution in [-0.4, -0.2) is 15.0 Å². The van der Waals surface area contributed by atoms with Crippen LogP contribution in [0, 0.1) is 11.8 Å². The maximum Gasteiger partial charge on any atom is 0.240 e. The molecule has 1 aromatic rings. The Hall–Kier alpha value is -0.620. The van der Waals surface area contributed by atoms with Gasteiger partial charge in [0, 0.05) is 18.1 Å². The highest BCUT2D eigenvalue weighted by molar-refractivity contribution is 7.89. The molecule has 0 heterocycles. The molecule has 0 bridgehead atoms. The van der Waals surface area contributed by atoms with Gasteiger partial charge in [-0.3, -0.25) is 0 Å². The summed E-state index contributed by atoms with van der Waals surface area (Å²) in [6.07, 6.45) is 2.42. The molecule has 3 N–H and O–H groups in total. The molecule has 0 amide bonds. The number of hydrogen-bond donors (Lipinski definition) is 2. The maximum atomic E-state index is 12.2. The summed E-state index contributed by atoms with van der Waals surface area (Å²) >= 11 is 5.93. The van der Waals surface area contributed by atoms with Crippen molar-refractivity contribution in [2.75, 3.05) is 6.54 Å². The number of nitrogens with one attached hydrogen (secondary N) is 1. The van der Waals surface area contributed by atoms with Crippen molar-refractivity contribution in [2.45, 2.75) is 31.2 Å². The van der Waals surface area contributed by atoms with Crippen molar-refractivity contribution in [1.29, 1.82) is 0 Å². The molecule has 1 aliphatic rings. The van der Waals surface area contributed by atoms with Crippen molar-refractivity contribution in [2.24, 2.45) is 17.6 Å². The summed E-state index contributed by atoms with van der Waals surface area (Å²) < 4.78 is 27.0. The van der Waals surface area contributed by atoms with Crippen LogP contribution in [0.25, 0.3) is 0 Å². The van der Waals surface area contributed by atoms with E-state index < -0.39 is 10.0 Å². The number of hydrogen-bond acceptors (Lipinski definition) is 3. The van der Waals surface area contributed by atoms with Gasteiger partial charge in [-0.2, -0.15) is 0 Å². The molecule has 0 aliphatic heterocycles. The average Bonchev–Trinajstić information content (AvgIpc) is 3.20. The van der Waals surface area contributed by atoms with Gasteiger partial charge in [0.05, 0.1) is 4.90 Å². The van der Waals surface area contributed by atoms with Crippen LogP contribution in [-0.2, 0) is 16.6 Å². The predicted molar refractivity (Wildman–Crippen MR) is 76.4 cm³/mol. The predicted octanol–water partition coefficient (Wildman–Crippen LogP) is 2.12. The van der Waals surface area contributed by atoms with Crippen molar-refractivity contribution >= 4 is 21.6 Å². The number of halogens is 1. The van der Waals surface area contributed by atoms with Gasteiger partial charge in [-0.1, -0.05) is 18.5 Å². The Morgan fingerprint density at radius 3 is 2.74 bits per heavy atom. The lowest BCUT2D eigenvalue weighted by Crippen LogP contribution is -2.29. The van der Waals surface area contributed by atoms with Crippen LogP contribution in [0.5, 0.6) is 0 Å². The Labute approximate surface area is 119 Å². The van der Waals surface area contributed by atoms with Crippen LogP contribution in [0.4, 0.5) is 0 Å². The van der Waals surface area contributed by atoms with E-state index in [0.717, 1.165) is 0 Å². The van der Waals surface area contributed by atoms with Crippen molar-refractivity contribution in [3.05, 3.63) is 28.8 Å². The number of nitrogens with two attached hydrogens (primary N) is 1. The first-order chi connectivity index (χ1) is 8.94. The van der Waals surface area contributed by atoms with Crippen LogP contribution in [0.3, 0.4) is 0 Å². The molecular weight excluding hydrogens is 284 g/mol. The minimum atomic E-state index is -3.47. The number of benzene rings is 1. The third kappa shape index (κ3) is 3.69. The summed E-state index contributed by atoms with van der Waals surface area (Å²) in [7, 11) is -3.47. The molecule has 0 radical (unpaired) electrons. The van der Waals surface area contributed by atoms with Gasteiger partial charge in [0.25, 0.3) is 0 Å². The van der Waals surface area contributed by atoms with Crippen LogP contribution in [0.15, 0.2) is 23.1 Å². The molecule has 0 aromatic heterocycles. The van der Waals surface area contributed by atoms with Gasteiger partial charge >= 0.3 is 0 Å². The monoisotopic (exact) mass is 302 g/mol. The van der Waals surface area contributed by atoms with E-state index in [2.05, 4.69) is 11.6 Å². The Morgan fingerprint density at radius 1 is 1.47 bits per heavy atom. The highest BCUT2D eigenvalue weighted by Gasteiger charge is 2.28. The van der Waals surface area contributed by atoms with Gasteiger partial charge in [-0.15, -0.1) is 0 Å². The highest BCUT2D eigenvalue weighted by atomic mass is 35.5. The van der Waals surface area contributed by atoms with Crippen molar-refractivity contribution < 1.29 is 8.42 Å². The van der Waals surface area contributed by atoms with Gasteiger partial charge in [0.2, 0.25) is 10.0 Å². The lowest BCUT2D eigenvalue weighted by Gasteiger charge is -2.13. The topological polar surface area (TPSA) is 72.2 Å². The maximum absolute atomic E-state index is 12.2. The number of sulfonamides is 1. The normalized spacial score (nSPS) is 17.4. The standard InChI is InChI=1S/C13H19ClN2O2S/c1-9(10-2-3-10)8-16-19(17,18)12-4-5-13(14)11(6-12)7-15/h4-6,9-10,16H,2-3,7-8,15H2,1H3. The summed E-state index contributed by atoms with van der Waals surface area (Å²) in [4.78, 5) is 0.223. The third-order valence-electron chi connectivity index (χ3n) is 3.57. The van der Waals surface area contributed by atoms with Crippen molar-refractivity contribution in [1.82, 2.24) is 4.72 Å². The first-order valence-electron chi connectivity index (χ1n) is 6.42. The van der Waals surface area contributed by atoms with Gasteiger partial charge in [-0.25, -0.2) is 13.1 Å². The minimum absolute atomic E-state index is 0.223. The zero-order chi connectivity index (χ0) is 14.0. The molecular formula is C13H19ClN2O2S. The second-order valence-electron chi connectivity index (χ2n) is 5.12. The molecule has 1 aromatic carbocycles. The Kier molecular flexibility index (Phi) is 4.50. The molecule has 106 valence electrons. The second kappa shape index (κ2) is 5.79. The van der Waals surface area contributed by atoms with Gasteiger partial charge in [0.1, 0.15) is 0 Å². The molecule has 0 saturated heterocycles. The second-order valence-corrected chi connectivity index (χ2v) is 7.30. The zero-order valence-electron chi connectivity index (χ0n) is 10.9. The Bertz CT molecular complexity index is 556. The molecule has 1 unspecified atom stereocenters. The van der Waals surface area contributed by atoms with Crippen LogP contribution >= 0.6 is 11.6 Å². The molecule has 2 rings (SSSR count). The summed E-state index contributed by atoms with van der Waals surface area (Å²) in [5, 5.41) is 0.493. The molecule has 4 nitrogen and oxygen atoms in total. The Morgan fingerprint density at radius 2 is 2.16 bits per heavy atom. The third-order valence-corrected chi connectivity index (χ3v) is 5.36. The largest absolute Gasteiger partial charge is 0.326 e. The first-order valence-corrected chi connectivity index (χ1v) is 8.28. The molecule has 1 saturated carbocycles. The van der Waals surface area contributed by atoms with Crippen molar-refractivity contribution in [3.63, 3.8) is 0 Å². The molecule has 0 spiro atoms. The molecule has 19 heavy (non-hydrogen) atoms. The van der Waals surface area contributed by atoms with Crippen LogP contribution in [0.1, 0.15) is 25.3 Å². The first kappa shape index (κ1) is 14.8. The van der Waals surface area contributed by atoms with Gasteiger partial charge < -0.3 is 5.73 Å². The van der Waals surface area contributed by atoms with Crippen molar-refractivity contribution in [3.8, 4) is 0 Å². The zero-order valence-corrected chi connectivity index (χ0v) is 12.5. The average molecular weight is 303 g/mol. The summed E-state index contributed by atoms with van der Waals surface area (Å²) in [5.74, 6) is 1.06. The van der Waals surface area contributed by atoms with Crippen LogP contribution < -0.4 is 10.5 Å². The minimum Gasteiger partial charge on any atom is -0.326 e. The highest BCUT2D eigenvalue weighted by Crippen LogP contribution is 2.36. The quantitative estimate of drug-likeness (QED) is 0.845. The fraction of sp³-hybridized carbons (Fsp3) is 0.538. The fourth-order valence-electron chi connectivity index (χ4n) is 2.03. The van der Waals surface area contributed by atoms with E-state index >= 15 is 0 Å². The van der Waals surface area contributed by atoms with Gasteiger partial charge in [0.15, 0.2) is 0 Å². The van der Waals surface area contributed by atoms with E-state index in [1.807, 2.05) is 0 Å². The lowest BCUT2D eigenvalue weighted by molar-refractivity contribution is 0.492. The van der Waals surface area contributed by atoms with Crippen LogP contribution in [0.2, 0.25) is 5.02 Å². The molecule has 1 atom stereocenters. The van der Waals surface area contributed by atoms with E-state index in [9.17, 15) is 8.42 Å². The molecule has 6 heteroatoms. The fourth-order valence-corrected chi connectivity index (χ4v) is 3.42.